The number of anilines is 1. The Labute approximate surface area is 169 Å². The van der Waals surface area contributed by atoms with Crippen molar-refractivity contribution in [3.8, 4) is 0 Å². The number of benzene rings is 1. The lowest BCUT2D eigenvalue weighted by Gasteiger charge is -2.14. The van der Waals surface area contributed by atoms with Gasteiger partial charge in [-0.3, -0.25) is 9.69 Å². The van der Waals surface area contributed by atoms with Gasteiger partial charge in [-0.2, -0.15) is 0 Å². The van der Waals surface area contributed by atoms with E-state index in [4.69, 9.17) is 4.74 Å². The molecule has 1 amide bonds. The minimum atomic E-state index is -0.365. The van der Waals surface area contributed by atoms with Crippen LogP contribution in [0.4, 0.5) is 5.00 Å². The lowest BCUT2D eigenvalue weighted by Crippen LogP contribution is -2.18. The van der Waals surface area contributed by atoms with Crippen LogP contribution in [0.2, 0.25) is 0 Å². The summed E-state index contributed by atoms with van der Waals surface area (Å²) in [5.41, 5.74) is 3.42. The number of hydrogen-bond donors (Lipinski definition) is 1. The largest absolute Gasteiger partial charge is 0.465 e. The number of amides is 1. The zero-order valence-corrected chi connectivity index (χ0v) is 17.1. The Bertz CT molecular complexity index is 867. The molecule has 1 aliphatic carbocycles. The fourth-order valence-corrected chi connectivity index (χ4v) is 5.38. The minimum absolute atomic E-state index is 0.184. The van der Waals surface area contributed by atoms with Crippen LogP contribution >= 0.6 is 11.3 Å². The molecule has 1 aromatic carbocycles. The molecule has 5 nitrogen and oxygen atoms in total. The Morgan fingerprint density at radius 1 is 1.07 bits per heavy atom. The van der Waals surface area contributed by atoms with Crippen molar-refractivity contribution in [3.05, 3.63) is 51.4 Å². The van der Waals surface area contributed by atoms with Crippen molar-refractivity contribution in [2.45, 2.75) is 45.1 Å². The first-order valence-corrected chi connectivity index (χ1v) is 10.8. The predicted octanol–water partition coefficient (Wildman–Crippen LogP) is 4.26. The number of nitrogens with one attached hydrogen (secondary N) is 1. The topological polar surface area (TPSA) is 58.6 Å². The summed E-state index contributed by atoms with van der Waals surface area (Å²) in [5, 5.41) is 3.58. The zero-order chi connectivity index (χ0) is 19.5. The molecule has 28 heavy (non-hydrogen) atoms. The second kappa shape index (κ2) is 8.45. The third-order valence-electron chi connectivity index (χ3n) is 5.61. The molecule has 0 radical (unpaired) electrons. The number of ether oxygens (including phenoxy) is 1. The van der Waals surface area contributed by atoms with Crippen LogP contribution in [0.5, 0.6) is 0 Å². The lowest BCUT2D eigenvalue weighted by molar-refractivity contribution is 0.0601. The predicted molar refractivity (Wildman–Crippen MR) is 111 cm³/mol. The van der Waals surface area contributed by atoms with E-state index < -0.39 is 0 Å². The van der Waals surface area contributed by atoms with E-state index in [-0.39, 0.29) is 11.9 Å². The molecule has 0 bridgehead atoms. The molecule has 0 atom stereocenters. The van der Waals surface area contributed by atoms with Gasteiger partial charge in [0.2, 0.25) is 0 Å². The quantitative estimate of drug-likeness (QED) is 0.765. The normalized spacial score (nSPS) is 16.6. The first-order valence-electron chi connectivity index (χ1n) is 10.0. The maximum absolute atomic E-state index is 12.8. The SMILES string of the molecule is COC(=O)c1c(NC(=O)c2ccc(CN3CCCC3)cc2)sc2c1CCCC2. The maximum atomic E-state index is 12.8. The van der Waals surface area contributed by atoms with E-state index in [2.05, 4.69) is 10.2 Å². The van der Waals surface area contributed by atoms with Crippen LogP contribution in [0, 0.1) is 0 Å². The molecule has 1 aliphatic heterocycles. The number of esters is 1. The minimum Gasteiger partial charge on any atom is -0.465 e. The number of fused-ring (bicyclic) bond motifs is 1. The summed E-state index contributed by atoms with van der Waals surface area (Å²) in [6.07, 6.45) is 6.57. The summed E-state index contributed by atoms with van der Waals surface area (Å²) in [6, 6.07) is 7.78. The van der Waals surface area contributed by atoms with E-state index in [0.717, 1.165) is 50.9 Å². The molecule has 4 rings (SSSR count). The lowest BCUT2D eigenvalue weighted by atomic mass is 9.95. The molecule has 2 heterocycles. The highest BCUT2D eigenvalue weighted by Gasteiger charge is 2.27. The molecule has 2 aliphatic rings. The zero-order valence-electron chi connectivity index (χ0n) is 16.3. The molecule has 1 fully saturated rings. The van der Waals surface area contributed by atoms with Crippen LogP contribution in [0.1, 0.15) is 62.4 Å². The van der Waals surface area contributed by atoms with E-state index in [0.29, 0.717) is 16.1 Å². The van der Waals surface area contributed by atoms with E-state index >= 15 is 0 Å². The summed E-state index contributed by atoms with van der Waals surface area (Å²) >= 11 is 1.51. The number of hydrogen-bond acceptors (Lipinski definition) is 5. The first-order chi connectivity index (χ1) is 13.7. The maximum Gasteiger partial charge on any atom is 0.341 e. The number of likely N-dealkylation sites (tertiary alicyclic amines) is 1. The van der Waals surface area contributed by atoms with Gasteiger partial charge < -0.3 is 10.1 Å². The Morgan fingerprint density at radius 2 is 1.79 bits per heavy atom. The summed E-state index contributed by atoms with van der Waals surface area (Å²) in [5.74, 6) is -0.549. The van der Waals surface area contributed by atoms with Crippen LogP contribution in [0.25, 0.3) is 0 Å². The second-order valence-corrected chi connectivity index (χ2v) is 8.65. The summed E-state index contributed by atoms with van der Waals surface area (Å²) in [7, 11) is 1.39. The molecule has 1 N–H and O–H groups in total. The third-order valence-corrected chi connectivity index (χ3v) is 6.82. The van der Waals surface area contributed by atoms with Crippen LogP contribution < -0.4 is 5.32 Å². The molecule has 0 saturated carbocycles. The van der Waals surface area contributed by atoms with Gasteiger partial charge >= 0.3 is 5.97 Å². The summed E-state index contributed by atoms with van der Waals surface area (Å²) in [6.45, 7) is 3.25. The van der Waals surface area contributed by atoms with E-state index in [1.807, 2.05) is 24.3 Å². The van der Waals surface area contributed by atoms with Crippen molar-refractivity contribution in [1.82, 2.24) is 4.90 Å². The van der Waals surface area contributed by atoms with Gasteiger partial charge in [0.1, 0.15) is 5.00 Å². The summed E-state index contributed by atoms with van der Waals surface area (Å²) < 4.78 is 4.98. The molecule has 1 aromatic heterocycles. The Balaban J connectivity index is 1.50. The van der Waals surface area contributed by atoms with Gasteiger partial charge in [0.25, 0.3) is 5.91 Å². The number of carbonyl (C=O) groups excluding carboxylic acids is 2. The molecule has 0 unspecified atom stereocenters. The van der Waals surface area contributed by atoms with Gasteiger partial charge in [-0.25, -0.2) is 4.79 Å². The molecular formula is C22H26N2O3S. The number of rotatable bonds is 5. The van der Waals surface area contributed by atoms with Crippen LogP contribution in [-0.4, -0.2) is 37.0 Å². The first kappa shape index (κ1) is 19.2. The highest BCUT2D eigenvalue weighted by molar-refractivity contribution is 7.17. The van der Waals surface area contributed by atoms with Crippen LogP contribution in [-0.2, 0) is 24.1 Å². The van der Waals surface area contributed by atoms with Crippen LogP contribution in [0.15, 0.2) is 24.3 Å². The van der Waals surface area contributed by atoms with Crippen molar-refractivity contribution in [2.75, 3.05) is 25.5 Å². The molecule has 2 aromatic rings. The second-order valence-electron chi connectivity index (χ2n) is 7.54. The standard InChI is InChI=1S/C22H26N2O3S/c1-27-22(26)19-17-6-2-3-7-18(17)28-21(19)23-20(25)16-10-8-15(9-11-16)14-24-12-4-5-13-24/h8-11H,2-7,12-14H2,1H3,(H,23,25). The van der Waals surface area contributed by atoms with E-state index in [1.165, 1.54) is 41.7 Å². The molecular weight excluding hydrogens is 372 g/mol. The number of thiophene rings is 1. The molecule has 0 spiro atoms. The van der Waals surface area contributed by atoms with Gasteiger partial charge in [-0.15, -0.1) is 11.3 Å². The monoisotopic (exact) mass is 398 g/mol. The van der Waals surface area contributed by atoms with Crippen molar-refractivity contribution >= 4 is 28.2 Å². The fourth-order valence-electron chi connectivity index (χ4n) is 4.11. The smallest absolute Gasteiger partial charge is 0.341 e. The number of carbonyl (C=O) groups is 2. The number of aryl methyl sites for hydroxylation is 1. The van der Waals surface area contributed by atoms with Gasteiger partial charge in [0.15, 0.2) is 0 Å². The highest BCUT2D eigenvalue weighted by Crippen LogP contribution is 2.38. The van der Waals surface area contributed by atoms with Crippen molar-refractivity contribution in [1.29, 1.82) is 0 Å². The Kier molecular flexibility index (Phi) is 5.78. The Hall–Kier alpha value is -2.18. The van der Waals surface area contributed by atoms with Gasteiger partial charge in [0.05, 0.1) is 12.7 Å². The molecule has 148 valence electrons. The Morgan fingerprint density at radius 3 is 2.50 bits per heavy atom. The van der Waals surface area contributed by atoms with Gasteiger partial charge in [-0.1, -0.05) is 12.1 Å². The molecule has 1 saturated heterocycles. The van der Waals surface area contributed by atoms with Crippen molar-refractivity contribution < 1.29 is 14.3 Å². The number of nitrogens with zero attached hydrogens (tertiary/aromatic N) is 1. The van der Waals surface area contributed by atoms with Crippen LogP contribution in [0.3, 0.4) is 0 Å². The van der Waals surface area contributed by atoms with E-state index in [1.54, 1.807) is 0 Å². The average molecular weight is 399 g/mol. The van der Waals surface area contributed by atoms with Gasteiger partial charge in [-0.05, 0) is 74.9 Å². The average Bonchev–Trinajstić information content (AvgIpc) is 3.35. The summed E-state index contributed by atoms with van der Waals surface area (Å²) in [4.78, 5) is 28.7. The van der Waals surface area contributed by atoms with Gasteiger partial charge in [0, 0.05) is 17.0 Å². The highest BCUT2D eigenvalue weighted by atomic mass is 32.1. The van der Waals surface area contributed by atoms with E-state index in [9.17, 15) is 9.59 Å². The van der Waals surface area contributed by atoms with Crippen molar-refractivity contribution in [3.63, 3.8) is 0 Å². The third kappa shape index (κ3) is 3.98. The van der Waals surface area contributed by atoms with Crippen molar-refractivity contribution in [2.24, 2.45) is 0 Å². The fraction of sp³-hybridized carbons (Fsp3) is 0.455. The molecule has 6 heteroatoms. The number of methoxy groups -OCH3 is 1.